The summed E-state index contributed by atoms with van der Waals surface area (Å²) in [6.07, 6.45) is -2.68. The molecular formula is C12H13F2N3O2. The number of alkyl halides is 2. The molecule has 2 aromatic rings. The third kappa shape index (κ3) is 2.44. The number of ether oxygens (including phenoxy) is 2. The Labute approximate surface area is 108 Å². The van der Waals surface area contributed by atoms with E-state index in [2.05, 4.69) is 10.2 Å². The van der Waals surface area contributed by atoms with Crippen molar-refractivity contribution in [1.82, 2.24) is 10.2 Å². The molecule has 3 N–H and O–H groups in total. The summed E-state index contributed by atoms with van der Waals surface area (Å²) in [4.78, 5) is 0. The highest BCUT2D eigenvalue weighted by Crippen LogP contribution is 2.40. The number of nitrogen functional groups attached to an aromatic ring is 1. The zero-order valence-corrected chi connectivity index (χ0v) is 10.4. The molecule has 0 atom stereocenters. The van der Waals surface area contributed by atoms with E-state index in [9.17, 15) is 8.78 Å². The lowest BCUT2D eigenvalue weighted by molar-refractivity contribution is 0.146. The molecule has 2 rings (SSSR count). The van der Waals surface area contributed by atoms with Crippen molar-refractivity contribution in [2.75, 3.05) is 20.0 Å². The maximum absolute atomic E-state index is 13.0. The molecule has 7 heteroatoms. The SMILES string of the molecule is COc1cc(-c2cc(N)n[nH]2)cc(C(F)F)c1OC. The van der Waals surface area contributed by atoms with Gasteiger partial charge in [-0.3, -0.25) is 5.10 Å². The van der Waals surface area contributed by atoms with E-state index in [1.54, 1.807) is 12.1 Å². The van der Waals surface area contributed by atoms with Gasteiger partial charge in [-0.15, -0.1) is 0 Å². The van der Waals surface area contributed by atoms with Crippen molar-refractivity contribution in [1.29, 1.82) is 0 Å². The maximum Gasteiger partial charge on any atom is 0.267 e. The van der Waals surface area contributed by atoms with E-state index in [0.717, 1.165) is 0 Å². The van der Waals surface area contributed by atoms with Crippen LogP contribution in [0, 0.1) is 0 Å². The second-order valence-corrected chi connectivity index (χ2v) is 3.81. The van der Waals surface area contributed by atoms with Crippen LogP contribution in [0.1, 0.15) is 12.0 Å². The Morgan fingerprint density at radius 3 is 2.42 bits per heavy atom. The monoisotopic (exact) mass is 269 g/mol. The van der Waals surface area contributed by atoms with Crippen molar-refractivity contribution in [3.05, 3.63) is 23.8 Å². The maximum atomic E-state index is 13.0. The fourth-order valence-corrected chi connectivity index (χ4v) is 1.80. The van der Waals surface area contributed by atoms with Crippen molar-refractivity contribution < 1.29 is 18.3 Å². The van der Waals surface area contributed by atoms with E-state index >= 15 is 0 Å². The third-order valence-electron chi connectivity index (χ3n) is 2.65. The number of rotatable bonds is 4. The Bertz CT molecular complexity index is 584. The molecule has 19 heavy (non-hydrogen) atoms. The summed E-state index contributed by atoms with van der Waals surface area (Å²) < 4.78 is 36.1. The van der Waals surface area contributed by atoms with Gasteiger partial charge in [0.25, 0.3) is 6.43 Å². The van der Waals surface area contributed by atoms with Gasteiger partial charge in [0, 0.05) is 11.6 Å². The van der Waals surface area contributed by atoms with Gasteiger partial charge in [-0.1, -0.05) is 0 Å². The van der Waals surface area contributed by atoms with E-state index in [1.165, 1.54) is 20.3 Å². The molecular weight excluding hydrogens is 256 g/mol. The molecule has 0 radical (unpaired) electrons. The Morgan fingerprint density at radius 1 is 1.21 bits per heavy atom. The van der Waals surface area contributed by atoms with Crippen molar-refractivity contribution >= 4 is 5.82 Å². The van der Waals surface area contributed by atoms with Crippen molar-refractivity contribution in [2.45, 2.75) is 6.43 Å². The van der Waals surface area contributed by atoms with Gasteiger partial charge in [0.2, 0.25) is 0 Å². The molecule has 0 saturated carbocycles. The van der Waals surface area contributed by atoms with Crippen LogP contribution in [-0.2, 0) is 0 Å². The first kappa shape index (κ1) is 13.1. The number of nitrogens with two attached hydrogens (primary N) is 1. The van der Waals surface area contributed by atoms with Gasteiger partial charge in [0.15, 0.2) is 11.5 Å². The molecule has 0 aliphatic carbocycles. The predicted molar refractivity (Wildman–Crippen MR) is 66.5 cm³/mol. The van der Waals surface area contributed by atoms with Crippen molar-refractivity contribution in [3.63, 3.8) is 0 Å². The average Bonchev–Trinajstić information content (AvgIpc) is 2.83. The zero-order valence-electron chi connectivity index (χ0n) is 10.4. The quantitative estimate of drug-likeness (QED) is 0.894. The molecule has 0 saturated heterocycles. The first-order chi connectivity index (χ1) is 9.06. The standard InChI is InChI=1S/C12H13F2N3O2/c1-18-9-4-6(8-5-10(15)17-16-8)3-7(12(13)14)11(9)19-2/h3-5,12H,1-2H3,(H3,15,16,17). The number of aromatic amines is 1. The second kappa shape index (κ2) is 5.13. The van der Waals surface area contributed by atoms with Crippen LogP contribution in [0.3, 0.4) is 0 Å². The molecule has 1 aromatic carbocycles. The van der Waals surface area contributed by atoms with Gasteiger partial charge in [0.05, 0.1) is 25.5 Å². The summed E-state index contributed by atoms with van der Waals surface area (Å²) in [6, 6.07) is 4.45. The van der Waals surface area contributed by atoms with Crippen LogP contribution in [0.15, 0.2) is 18.2 Å². The van der Waals surface area contributed by atoms with Gasteiger partial charge in [0.1, 0.15) is 5.82 Å². The van der Waals surface area contributed by atoms with E-state index < -0.39 is 6.43 Å². The van der Waals surface area contributed by atoms with E-state index in [4.69, 9.17) is 15.2 Å². The number of nitrogens with one attached hydrogen (secondary N) is 1. The van der Waals surface area contributed by atoms with E-state index in [-0.39, 0.29) is 22.9 Å². The molecule has 1 aromatic heterocycles. The summed E-state index contributed by atoms with van der Waals surface area (Å²) in [5.41, 5.74) is 6.27. The summed E-state index contributed by atoms with van der Waals surface area (Å²) in [7, 11) is 2.70. The largest absolute Gasteiger partial charge is 0.493 e. The molecule has 0 unspecified atom stereocenters. The normalized spacial score (nSPS) is 10.8. The van der Waals surface area contributed by atoms with Crippen LogP contribution in [0.4, 0.5) is 14.6 Å². The highest BCUT2D eigenvalue weighted by molar-refractivity contribution is 5.68. The van der Waals surface area contributed by atoms with Crippen LogP contribution < -0.4 is 15.2 Å². The number of hydrogen-bond donors (Lipinski definition) is 2. The molecule has 1 heterocycles. The fourth-order valence-electron chi connectivity index (χ4n) is 1.80. The van der Waals surface area contributed by atoms with Gasteiger partial charge >= 0.3 is 0 Å². The molecule has 102 valence electrons. The Hall–Kier alpha value is -2.31. The van der Waals surface area contributed by atoms with Gasteiger partial charge < -0.3 is 15.2 Å². The second-order valence-electron chi connectivity index (χ2n) is 3.81. The number of nitrogens with zero attached hydrogens (tertiary/aromatic N) is 1. The summed E-state index contributed by atoms with van der Waals surface area (Å²) in [6.45, 7) is 0. The molecule has 0 fully saturated rings. The Kier molecular flexibility index (Phi) is 3.55. The lowest BCUT2D eigenvalue weighted by Gasteiger charge is -2.14. The van der Waals surface area contributed by atoms with Crippen LogP contribution >= 0.6 is 0 Å². The van der Waals surface area contributed by atoms with Crippen LogP contribution in [0.25, 0.3) is 11.3 Å². The van der Waals surface area contributed by atoms with E-state index in [0.29, 0.717) is 11.3 Å². The molecule has 0 amide bonds. The van der Waals surface area contributed by atoms with Crippen molar-refractivity contribution in [2.24, 2.45) is 0 Å². The number of anilines is 1. The smallest absolute Gasteiger partial charge is 0.267 e. The van der Waals surface area contributed by atoms with Gasteiger partial charge in [-0.2, -0.15) is 5.10 Å². The third-order valence-corrected chi connectivity index (χ3v) is 2.65. The van der Waals surface area contributed by atoms with E-state index in [1.807, 2.05) is 0 Å². The highest BCUT2D eigenvalue weighted by atomic mass is 19.3. The minimum absolute atomic E-state index is 0.0220. The summed E-state index contributed by atoms with van der Waals surface area (Å²) in [5.74, 6) is 0.528. The van der Waals surface area contributed by atoms with Crippen LogP contribution in [-0.4, -0.2) is 24.4 Å². The Morgan fingerprint density at radius 2 is 1.95 bits per heavy atom. The van der Waals surface area contributed by atoms with Gasteiger partial charge in [-0.05, 0) is 12.1 Å². The highest BCUT2D eigenvalue weighted by Gasteiger charge is 2.20. The first-order valence-corrected chi connectivity index (χ1v) is 5.42. The number of H-pyrrole nitrogens is 1. The molecule has 0 aliphatic rings. The number of halogens is 2. The topological polar surface area (TPSA) is 73.2 Å². The molecule has 5 nitrogen and oxygen atoms in total. The van der Waals surface area contributed by atoms with Crippen LogP contribution in [0.2, 0.25) is 0 Å². The summed E-state index contributed by atoms with van der Waals surface area (Å²) >= 11 is 0. The Balaban J connectivity index is 2.60. The predicted octanol–water partition coefficient (Wildman–Crippen LogP) is 2.61. The average molecular weight is 269 g/mol. The first-order valence-electron chi connectivity index (χ1n) is 5.42. The summed E-state index contributed by atoms with van der Waals surface area (Å²) in [5, 5.41) is 6.42. The number of aromatic nitrogens is 2. The number of methoxy groups -OCH3 is 2. The minimum Gasteiger partial charge on any atom is -0.493 e. The fraction of sp³-hybridized carbons (Fsp3) is 0.250. The lowest BCUT2D eigenvalue weighted by Crippen LogP contribution is -1.98. The molecule has 0 spiro atoms. The molecule has 0 bridgehead atoms. The van der Waals surface area contributed by atoms with Crippen LogP contribution in [0.5, 0.6) is 11.5 Å². The number of benzene rings is 1. The van der Waals surface area contributed by atoms with Gasteiger partial charge in [-0.25, -0.2) is 8.78 Å². The number of hydrogen-bond acceptors (Lipinski definition) is 4. The molecule has 0 aliphatic heterocycles. The lowest BCUT2D eigenvalue weighted by atomic mass is 10.1. The van der Waals surface area contributed by atoms with Crippen molar-refractivity contribution in [3.8, 4) is 22.8 Å². The zero-order chi connectivity index (χ0) is 14.0. The minimum atomic E-state index is -2.68.